The summed E-state index contributed by atoms with van der Waals surface area (Å²) in [6, 6.07) is 12.9. The van der Waals surface area contributed by atoms with Crippen molar-refractivity contribution in [1.29, 1.82) is 0 Å². The van der Waals surface area contributed by atoms with E-state index < -0.39 is 0 Å². The number of thiophene rings is 1. The fourth-order valence-electron chi connectivity index (χ4n) is 2.75. The molecule has 110 valence electrons. The standard InChI is InChI=1S/C18H22N2S/c1-13(2)10-19-11-16(18-8-5-9-21-18)15-12-20-17-7-4-3-6-14(15)17/h3-9,12-13,16,19-20H,10-11H2,1-2H3. The summed E-state index contributed by atoms with van der Waals surface area (Å²) in [4.78, 5) is 4.83. The maximum Gasteiger partial charge on any atom is 0.0457 e. The molecule has 3 aromatic rings. The van der Waals surface area contributed by atoms with Crippen molar-refractivity contribution in [3.05, 3.63) is 58.4 Å². The Morgan fingerprint density at radius 2 is 1.95 bits per heavy atom. The van der Waals surface area contributed by atoms with Crippen molar-refractivity contribution in [1.82, 2.24) is 10.3 Å². The van der Waals surface area contributed by atoms with Gasteiger partial charge in [0, 0.05) is 34.4 Å². The van der Waals surface area contributed by atoms with Crippen LogP contribution in [0.25, 0.3) is 10.9 Å². The summed E-state index contributed by atoms with van der Waals surface area (Å²) < 4.78 is 0. The van der Waals surface area contributed by atoms with Gasteiger partial charge in [-0.25, -0.2) is 0 Å². The second-order valence-electron chi connectivity index (χ2n) is 5.91. The van der Waals surface area contributed by atoms with Gasteiger partial charge in [-0.15, -0.1) is 11.3 Å². The van der Waals surface area contributed by atoms with Crippen molar-refractivity contribution >= 4 is 22.2 Å². The van der Waals surface area contributed by atoms with E-state index in [0.29, 0.717) is 11.8 Å². The fourth-order valence-corrected chi connectivity index (χ4v) is 3.60. The Hall–Kier alpha value is -1.58. The minimum Gasteiger partial charge on any atom is -0.361 e. The lowest BCUT2D eigenvalue weighted by Gasteiger charge is -2.17. The van der Waals surface area contributed by atoms with Crippen LogP contribution in [-0.4, -0.2) is 18.1 Å². The zero-order valence-corrected chi connectivity index (χ0v) is 13.4. The highest BCUT2D eigenvalue weighted by Crippen LogP contribution is 2.32. The summed E-state index contributed by atoms with van der Waals surface area (Å²) in [7, 11) is 0. The van der Waals surface area contributed by atoms with Crippen LogP contribution in [0.2, 0.25) is 0 Å². The molecule has 3 heteroatoms. The van der Waals surface area contributed by atoms with Crippen molar-refractivity contribution in [2.75, 3.05) is 13.1 Å². The number of benzene rings is 1. The second-order valence-corrected chi connectivity index (χ2v) is 6.89. The quantitative estimate of drug-likeness (QED) is 0.683. The van der Waals surface area contributed by atoms with Gasteiger partial charge in [0.05, 0.1) is 0 Å². The lowest BCUT2D eigenvalue weighted by atomic mass is 9.96. The van der Waals surface area contributed by atoms with Gasteiger partial charge < -0.3 is 10.3 Å². The van der Waals surface area contributed by atoms with E-state index in [0.717, 1.165) is 13.1 Å². The van der Waals surface area contributed by atoms with Gasteiger partial charge in [-0.1, -0.05) is 38.1 Å². The molecule has 1 atom stereocenters. The Morgan fingerprint density at radius 1 is 1.10 bits per heavy atom. The normalized spacial score (nSPS) is 13.1. The van der Waals surface area contributed by atoms with E-state index in [9.17, 15) is 0 Å². The minimum atomic E-state index is 0.417. The second kappa shape index (κ2) is 6.46. The largest absolute Gasteiger partial charge is 0.361 e. The third-order valence-electron chi connectivity index (χ3n) is 3.78. The molecule has 2 N–H and O–H groups in total. The first-order valence-electron chi connectivity index (χ1n) is 7.56. The Bertz CT molecular complexity index is 682. The highest BCUT2D eigenvalue weighted by atomic mass is 32.1. The zero-order valence-electron chi connectivity index (χ0n) is 12.6. The van der Waals surface area contributed by atoms with E-state index in [1.165, 1.54) is 21.3 Å². The Labute approximate surface area is 130 Å². The highest BCUT2D eigenvalue weighted by Gasteiger charge is 2.18. The van der Waals surface area contributed by atoms with Crippen LogP contribution < -0.4 is 5.32 Å². The van der Waals surface area contributed by atoms with Gasteiger partial charge in [-0.2, -0.15) is 0 Å². The van der Waals surface area contributed by atoms with Crippen LogP contribution in [0.5, 0.6) is 0 Å². The monoisotopic (exact) mass is 298 g/mol. The van der Waals surface area contributed by atoms with E-state index in [-0.39, 0.29) is 0 Å². The molecule has 0 saturated heterocycles. The van der Waals surface area contributed by atoms with Crippen molar-refractivity contribution in [2.24, 2.45) is 5.92 Å². The number of hydrogen-bond acceptors (Lipinski definition) is 2. The molecule has 0 bridgehead atoms. The van der Waals surface area contributed by atoms with Gasteiger partial charge in [-0.05, 0) is 35.5 Å². The van der Waals surface area contributed by atoms with Crippen molar-refractivity contribution in [2.45, 2.75) is 19.8 Å². The number of para-hydroxylation sites is 1. The predicted molar refractivity (Wildman–Crippen MR) is 92.2 cm³/mol. The van der Waals surface area contributed by atoms with Crippen LogP contribution in [0.4, 0.5) is 0 Å². The SMILES string of the molecule is CC(C)CNCC(c1cccs1)c1c[nH]c2ccccc12. The van der Waals surface area contributed by atoms with Crippen LogP contribution >= 0.6 is 11.3 Å². The van der Waals surface area contributed by atoms with Crippen molar-refractivity contribution < 1.29 is 0 Å². The number of aromatic amines is 1. The van der Waals surface area contributed by atoms with Gasteiger partial charge >= 0.3 is 0 Å². The molecule has 2 aromatic heterocycles. The highest BCUT2D eigenvalue weighted by molar-refractivity contribution is 7.10. The Kier molecular flexibility index (Phi) is 4.42. The third kappa shape index (κ3) is 3.20. The molecule has 0 fully saturated rings. The summed E-state index contributed by atoms with van der Waals surface area (Å²) in [6.45, 7) is 6.54. The van der Waals surface area contributed by atoms with E-state index in [2.05, 4.69) is 72.1 Å². The van der Waals surface area contributed by atoms with E-state index in [1.807, 2.05) is 11.3 Å². The first-order chi connectivity index (χ1) is 10.3. The molecule has 2 heterocycles. The first kappa shape index (κ1) is 14.4. The molecular formula is C18H22N2S. The van der Waals surface area contributed by atoms with Crippen LogP contribution in [0, 0.1) is 5.92 Å². The van der Waals surface area contributed by atoms with Gasteiger partial charge in [0.15, 0.2) is 0 Å². The number of fused-ring (bicyclic) bond motifs is 1. The van der Waals surface area contributed by atoms with Gasteiger partial charge in [0.25, 0.3) is 0 Å². The summed E-state index contributed by atoms with van der Waals surface area (Å²) in [5.41, 5.74) is 2.61. The smallest absolute Gasteiger partial charge is 0.0457 e. The Balaban J connectivity index is 1.91. The Morgan fingerprint density at radius 3 is 2.71 bits per heavy atom. The van der Waals surface area contributed by atoms with Gasteiger partial charge in [0.1, 0.15) is 0 Å². The molecule has 0 aliphatic carbocycles. The van der Waals surface area contributed by atoms with Crippen LogP contribution in [0.3, 0.4) is 0 Å². The molecule has 2 nitrogen and oxygen atoms in total. The molecule has 0 saturated carbocycles. The molecule has 21 heavy (non-hydrogen) atoms. The number of rotatable bonds is 6. The number of hydrogen-bond donors (Lipinski definition) is 2. The number of nitrogens with one attached hydrogen (secondary N) is 2. The lowest BCUT2D eigenvalue weighted by molar-refractivity contribution is 0.539. The van der Waals surface area contributed by atoms with Crippen LogP contribution in [-0.2, 0) is 0 Å². The minimum absolute atomic E-state index is 0.417. The molecule has 0 spiro atoms. The fraction of sp³-hybridized carbons (Fsp3) is 0.333. The molecule has 0 aliphatic heterocycles. The average Bonchev–Trinajstić information content (AvgIpc) is 3.13. The van der Waals surface area contributed by atoms with E-state index in [4.69, 9.17) is 0 Å². The number of H-pyrrole nitrogens is 1. The topological polar surface area (TPSA) is 27.8 Å². The predicted octanol–water partition coefficient (Wildman–Crippen LogP) is 4.61. The average molecular weight is 298 g/mol. The van der Waals surface area contributed by atoms with Crippen molar-refractivity contribution in [3.63, 3.8) is 0 Å². The van der Waals surface area contributed by atoms with Crippen LogP contribution in [0.1, 0.15) is 30.2 Å². The maximum absolute atomic E-state index is 3.62. The maximum atomic E-state index is 3.62. The van der Waals surface area contributed by atoms with Crippen LogP contribution in [0.15, 0.2) is 48.0 Å². The molecule has 3 rings (SSSR count). The van der Waals surface area contributed by atoms with Crippen molar-refractivity contribution in [3.8, 4) is 0 Å². The molecule has 0 aliphatic rings. The zero-order chi connectivity index (χ0) is 14.7. The molecule has 0 radical (unpaired) electrons. The summed E-state index contributed by atoms with van der Waals surface area (Å²) in [5, 5.41) is 7.12. The molecular weight excluding hydrogens is 276 g/mol. The van der Waals surface area contributed by atoms with Gasteiger partial charge in [-0.3, -0.25) is 0 Å². The molecule has 1 unspecified atom stereocenters. The summed E-state index contributed by atoms with van der Waals surface area (Å²) in [5.74, 6) is 1.09. The molecule has 1 aromatic carbocycles. The molecule has 0 amide bonds. The summed E-state index contributed by atoms with van der Waals surface area (Å²) in [6.07, 6.45) is 2.17. The van der Waals surface area contributed by atoms with Gasteiger partial charge in [0.2, 0.25) is 0 Å². The first-order valence-corrected chi connectivity index (χ1v) is 8.44. The third-order valence-corrected chi connectivity index (χ3v) is 4.77. The lowest BCUT2D eigenvalue weighted by Crippen LogP contribution is -2.25. The summed E-state index contributed by atoms with van der Waals surface area (Å²) >= 11 is 1.84. The van der Waals surface area contributed by atoms with E-state index >= 15 is 0 Å². The number of aromatic nitrogens is 1. The van der Waals surface area contributed by atoms with E-state index in [1.54, 1.807) is 0 Å².